The molecule has 0 unspecified atom stereocenters. The van der Waals surface area contributed by atoms with Crippen molar-refractivity contribution in [1.29, 1.82) is 0 Å². The second kappa shape index (κ2) is 10.0. The minimum atomic E-state index is -0.491. The lowest BCUT2D eigenvalue weighted by Crippen LogP contribution is -2.34. The number of carbonyl (C=O) groups excluding carboxylic acids is 2. The first kappa shape index (κ1) is 22.2. The molecule has 1 aliphatic rings. The number of nitrogens with one attached hydrogen (secondary N) is 2. The van der Waals surface area contributed by atoms with Crippen molar-refractivity contribution < 1.29 is 19.1 Å². The maximum absolute atomic E-state index is 12.5. The Morgan fingerprint density at radius 3 is 2.60 bits per heavy atom. The highest BCUT2D eigenvalue weighted by atomic mass is 32.1. The molecule has 1 heterocycles. The van der Waals surface area contributed by atoms with Gasteiger partial charge in [-0.15, -0.1) is 11.3 Å². The molecule has 2 N–H and O–H groups in total. The molecule has 6 nitrogen and oxygen atoms in total. The van der Waals surface area contributed by atoms with E-state index >= 15 is 0 Å². The molecular weight excluding hydrogens is 420 g/mol. The van der Waals surface area contributed by atoms with Crippen LogP contribution in [-0.4, -0.2) is 30.3 Å². The first-order valence-corrected chi connectivity index (χ1v) is 11.3. The Bertz CT molecular complexity index is 955. The number of fused-ring (bicyclic) bond motifs is 1. The van der Waals surface area contributed by atoms with Gasteiger partial charge in [-0.2, -0.15) is 0 Å². The molecule has 0 spiro atoms. The van der Waals surface area contributed by atoms with Gasteiger partial charge in [0.1, 0.15) is 9.88 Å². The van der Waals surface area contributed by atoms with Gasteiger partial charge in [0.25, 0.3) is 0 Å². The van der Waals surface area contributed by atoms with E-state index in [0.717, 1.165) is 30.6 Å². The number of rotatable bonds is 6. The van der Waals surface area contributed by atoms with Gasteiger partial charge in [-0.3, -0.25) is 0 Å². The third kappa shape index (κ3) is 4.82. The van der Waals surface area contributed by atoms with E-state index in [0.29, 0.717) is 26.1 Å². The van der Waals surface area contributed by atoms with Crippen molar-refractivity contribution in [3.05, 3.63) is 51.4 Å². The summed E-state index contributed by atoms with van der Waals surface area (Å²) in [6, 6.07) is 8.45. The van der Waals surface area contributed by atoms with E-state index in [1.807, 2.05) is 6.07 Å². The van der Waals surface area contributed by atoms with Crippen LogP contribution >= 0.6 is 23.6 Å². The highest BCUT2D eigenvalue weighted by Crippen LogP contribution is 2.35. The second-order valence-corrected chi connectivity index (χ2v) is 8.37. The highest BCUT2D eigenvalue weighted by Gasteiger charge is 2.27. The molecule has 3 rings (SSSR count). The molecule has 8 heteroatoms. The number of hydrogen-bond donors (Lipinski definition) is 2. The normalized spacial score (nSPS) is 15.1. The average Bonchev–Trinajstić information content (AvgIpc) is 3.04. The Kier molecular flexibility index (Phi) is 7.44. The Morgan fingerprint density at radius 2 is 1.87 bits per heavy atom. The number of hydrogen-bond acceptors (Lipinski definition) is 6. The van der Waals surface area contributed by atoms with Crippen molar-refractivity contribution in [2.45, 2.75) is 46.1 Å². The number of thiocarbonyl (C=S) groups is 1. The van der Waals surface area contributed by atoms with Gasteiger partial charge in [0.05, 0.1) is 24.8 Å². The zero-order valence-corrected chi connectivity index (χ0v) is 19.0. The fraction of sp³-hybridized carbons (Fsp3) is 0.409. The van der Waals surface area contributed by atoms with Gasteiger partial charge < -0.3 is 20.1 Å². The van der Waals surface area contributed by atoms with Crippen molar-refractivity contribution in [2.75, 3.05) is 18.5 Å². The van der Waals surface area contributed by atoms with Crippen LogP contribution in [0.4, 0.5) is 5.00 Å². The Balaban J connectivity index is 1.83. The molecular formula is C22H26N2O4S2. The van der Waals surface area contributed by atoms with Crippen molar-refractivity contribution in [3.63, 3.8) is 0 Å². The third-order valence-corrected chi connectivity index (χ3v) is 6.40. The molecule has 1 aromatic heterocycles. The lowest BCUT2D eigenvalue weighted by atomic mass is 9.88. The van der Waals surface area contributed by atoms with E-state index in [1.54, 1.807) is 20.8 Å². The van der Waals surface area contributed by atoms with E-state index in [4.69, 9.17) is 21.7 Å². The number of aryl methyl sites for hydroxylation is 1. The summed E-state index contributed by atoms with van der Waals surface area (Å²) in [7, 11) is 0. The van der Waals surface area contributed by atoms with Gasteiger partial charge in [0.15, 0.2) is 5.11 Å². The number of carbonyl (C=O) groups is 2. The van der Waals surface area contributed by atoms with E-state index in [9.17, 15) is 9.59 Å². The van der Waals surface area contributed by atoms with Crippen LogP contribution in [0, 0.1) is 6.92 Å². The molecule has 0 fully saturated rings. The molecule has 0 aliphatic heterocycles. The zero-order valence-electron chi connectivity index (χ0n) is 17.4. The van der Waals surface area contributed by atoms with E-state index in [1.165, 1.54) is 11.1 Å². The first-order chi connectivity index (χ1) is 14.5. The van der Waals surface area contributed by atoms with Crippen LogP contribution < -0.4 is 10.6 Å². The maximum Gasteiger partial charge on any atom is 0.348 e. The summed E-state index contributed by atoms with van der Waals surface area (Å²) in [5.74, 6) is -0.950. The molecule has 1 aromatic carbocycles. The summed E-state index contributed by atoms with van der Waals surface area (Å²) in [5, 5.41) is 7.36. The molecule has 160 valence electrons. The van der Waals surface area contributed by atoms with Crippen LogP contribution in [0.15, 0.2) is 24.3 Å². The van der Waals surface area contributed by atoms with Crippen molar-refractivity contribution >= 4 is 45.6 Å². The fourth-order valence-electron chi connectivity index (χ4n) is 3.64. The van der Waals surface area contributed by atoms with Crippen LogP contribution in [-0.2, 0) is 15.9 Å². The maximum atomic E-state index is 12.5. The number of thiophene rings is 1. The molecule has 1 aliphatic carbocycles. The molecule has 30 heavy (non-hydrogen) atoms. The predicted molar refractivity (Wildman–Crippen MR) is 122 cm³/mol. The van der Waals surface area contributed by atoms with Gasteiger partial charge in [-0.25, -0.2) is 9.59 Å². The van der Waals surface area contributed by atoms with Crippen LogP contribution in [0.1, 0.15) is 69.5 Å². The molecule has 0 bridgehead atoms. The number of anilines is 1. The summed E-state index contributed by atoms with van der Waals surface area (Å²) in [6.07, 6.45) is 3.12. The van der Waals surface area contributed by atoms with Gasteiger partial charge >= 0.3 is 11.9 Å². The molecule has 2 aromatic rings. The van der Waals surface area contributed by atoms with Crippen LogP contribution in [0.25, 0.3) is 0 Å². The number of esters is 2. The van der Waals surface area contributed by atoms with E-state index in [2.05, 4.69) is 28.8 Å². The predicted octanol–water partition coefficient (Wildman–Crippen LogP) is 4.77. The Hall–Kier alpha value is -2.45. The standard InChI is InChI=1S/C22H26N2O4S2/c1-4-27-20(25)17-13(3)18(21(26)28-5-2)30-19(17)24-22(29)23-16-12-8-10-14-9-6-7-11-15(14)16/h6-7,9,11,16H,4-5,8,10,12H2,1-3H3,(H2,23,24,29)/t16-/m0/s1. The van der Waals surface area contributed by atoms with Gasteiger partial charge in [0.2, 0.25) is 0 Å². The molecule has 0 saturated carbocycles. The van der Waals surface area contributed by atoms with Crippen LogP contribution in [0.2, 0.25) is 0 Å². The minimum Gasteiger partial charge on any atom is -0.462 e. The highest BCUT2D eigenvalue weighted by molar-refractivity contribution is 7.80. The van der Waals surface area contributed by atoms with Crippen LogP contribution in [0.5, 0.6) is 0 Å². The van der Waals surface area contributed by atoms with Gasteiger partial charge in [0, 0.05) is 0 Å². The smallest absolute Gasteiger partial charge is 0.348 e. The Labute approximate surface area is 186 Å². The summed E-state index contributed by atoms with van der Waals surface area (Å²) >= 11 is 6.69. The topological polar surface area (TPSA) is 76.7 Å². The molecule has 0 radical (unpaired) electrons. The zero-order chi connectivity index (χ0) is 21.7. The van der Waals surface area contributed by atoms with Crippen molar-refractivity contribution in [2.24, 2.45) is 0 Å². The lowest BCUT2D eigenvalue weighted by Gasteiger charge is -2.27. The fourth-order valence-corrected chi connectivity index (χ4v) is 5.05. The van der Waals surface area contributed by atoms with Crippen molar-refractivity contribution in [1.82, 2.24) is 5.32 Å². The van der Waals surface area contributed by atoms with E-state index < -0.39 is 11.9 Å². The summed E-state index contributed by atoms with van der Waals surface area (Å²) < 4.78 is 10.3. The second-order valence-electron chi connectivity index (χ2n) is 6.94. The first-order valence-electron chi connectivity index (χ1n) is 10.1. The van der Waals surface area contributed by atoms with Gasteiger partial charge in [-0.1, -0.05) is 24.3 Å². The number of benzene rings is 1. The summed E-state index contributed by atoms with van der Waals surface area (Å²) in [5.41, 5.74) is 3.42. The Morgan fingerprint density at radius 1 is 1.17 bits per heavy atom. The minimum absolute atomic E-state index is 0.103. The monoisotopic (exact) mass is 446 g/mol. The van der Waals surface area contributed by atoms with Gasteiger partial charge in [-0.05, 0) is 68.9 Å². The third-order valence-electron chi connectivity index (χ3n) is 4.99. The molecule has 1 atom stereocenters. The number of ether oxygens (including phenoxy) is 2. The quantitative estimate of drug-likeness (QED) is 0.489. The van der Waals surface area contributed by atoms with Crippen molar-refractivity contribution in [3.8, 4) is 0 Å². The van der Waals surface area contributed by atoms with E-state index in [-0.39, 0.29) is 19.3 Å². The molecule has 0 saturated heterocycles. The lowest BCUT2D eigenvalue weighted by molar-refractivity contribution is 0.0527. The largest absolute Gasteiger partial charge is 0.462 e. The average molecular weight is 447 g/mol. The summed E-state index contributed by atoms with van der Waals surface area (Å²) in [4.78, 5) is 25.2. The summed E-state index contributed by atoms with van der Waals surface area (Å²) in [6.45, 7) is 5.70. The van der Waals surface area contributed by atoms with Crippen LogP contribution in [0.3, 0.4) is 0 Å². The molecule has 0 amide bonds. The SMILES string of the molecule is CCOC(=O)c1sc(NC(=S)N[C@H]2CCCc3ccccc32)c(C(=O)OCC)c1C.